The Hall–Kier alpha value is -1.18. The quantitative estimate of drug-likeness (QED) is 0.805. The molecule has 1 N–H and O–H groups in total. The van der Waals surface area contributed by atoms with Gasteiger partial charge in [-0.2, -0.15) is 0 Å². The molecule has 1 aromatic carbocycles. The third kappa shape index (κ3) is 1.98. The van der Waals surface area contributed by atoms with Crippen molar-refractivity contribution in [2.24, 2.45) is 5.92 Å². The van der Waals surface area contributed by atoms with E-state index in [1.165, 1.54) is 42.5 Å². The van der Waals surface area contributed by atoms with E-state index in [0.717, 1.165) is 11.7 Å². The Bertz CT molecular complexity index is 455. The monoisotopic (exact) mass is 245 g/mol. The second kappa shape index (κ2) is 4.49. The van der Waals surface area contributed by atoms with Crippen molar-refractivity contribution in [2.45, 2.75) is 58.6 Å². The zero-order chi connectivity index (χ0) is 12.7. The molecular weight excluding hydrogens is 222 g/mol. The van der Waals surface area contributed by atoms with E-state index in [9.17, 15) is 0 Å². The van der Waals surface area contributed by atoms with Crippen molar-refractivity contribution in [3.8, 4) is 5.75 Å². The summed E-state index contributed by atoms with van der Waals surface area (Å²) in [6, 6.07) is 4.93. The van der Waals surface area contributed by atoms with E-state index in [-0.39, 0.29) is 0 Å². The average Bonchev–Trinajstić information content (AvgIpc) is 2.36. The summed E-state index contributed by atoms with van der Waals surface area (Å²) in [5, 5.41) is 3.72. The predicted octanol–water partition coefficient (Wildman–Crippen LogP) is 4.06. The number of ether oxygens (including phenoxy) is 1. The molecule has 98 valence electrons. The Labute approximate surface area is 110 Å². The molecule has 2 nitrogen and oxygen atoms in total. The molecule has 1 aliphatic carbocycles. The van der Waals surface area contributed by atoms with Gasteiger partial charge >= 0.3 is 0 Å². The Morgan fingerprint density at radius 1 is 1.28 bits per heavy atom. The molecule has 1 saturated carbocycles. The summed E-state index contributed by atoms with van der Waals surface area (Å²) in [6.07, 6.45) is 5.45. The van der Waals surface area contributed by atoms with Crippen molar-refractivity contribution in [1.82, 2.24) is 0 Å². The zero-order valence-electron chi connectivity index (χ0n) is 11.6. The highest BCUT2D eigenvalue weighted by molar-refractivity contribution is 5.63. The van der Waals surface area contributed by atoms with Crippen molar-refractivity contribution < 1.29 is 4.74 Å². The molecule has 3 atom stereocenters. The van der Waals surface area contributed by atoms with Gasteiger partial charge in [0.1, 0.15) is 11.9 Å². The minimum atomic E-state index is 0.377. The first kappa shape index (κ1) is 11.9. The van der Waals surface area contributed by atoms with E-state index in [2.05, 4.69) is 38.2 Å². The first-order valence-electron chi connectivity index (χ1n) is 7.21. The van der Waals surface area contributed by atoms with Crippen LogP contribution in [0.5, 0.6) is 5.75 Å². The fourth-order valence-corrected chi connectivity index (χ4v) is 3.46. The predicted molar refractivity (Wildman–Crippen MR) is 75.4 cm³/mol. The molecule has 1 aliphatic heterocycles. The lowest BCUT2D eigenvalue weighted by atomic mass is 9.81. The number of aryl methyl sites for hydroxylation is 2. The van der Waals surface area contributed by atoms with Gasteiger partial charge in [0.2, 0.25) is 0 Å². The molecule has 1 fully saturated rings. The van der Waals surface area contributed by atoms with Crippen LogP contribution in [0.3, 0.4) is 0 Å². The lowest BCUT2D eigenvalue weighted by Gasteiger charge is -2.41. The van der Waals surface area contributed by atoms with Crippen LogP contribution in [0, 0.1) is 19.8 Å². The number of hydrogen-bond acceptors (Lipinski definition) is 2. The van der Waals surface area contributed by atoms with Crippen LogP contribution in [-0.4, -0.2) is 12.1 Å². The summed E-state index contributed by atoms with van der Waals surface area (Å²) in [6.45, 7) is 6.60. The molecule has 2 aliphatic rings. The largest absolute Gasteiger partial charge is 0.486 e. The van der Waals surface area contributed by atoms with Gasteiger partial charge in [-0.25, -0.2) is 0 Å². The minimum absolute atomic E-state index is 0.377. The summed E-state index contributed by atoms with van der Waals surface area (Å²) < 4.78 is 6.25. The highest BCUT2D eigenvalue weighted by Gasteiger charge is 2.35. The maximum atomic E-state index is 6.25. The van der Waals surface area contributed by atoms with Crippen LogP contribution in [0.4, 0.5) is 5.69 Å². The molecule has 0 spiro atoms. The Balaban J connectivity index is 1.88. The lowest BCUT2D eigenvalue weighted by Crippen LogP contribution is -2.45. The van der Waals surface area contributed by atoms with Crippen molar-refractivity contribution >= 4 is 5.69 Å². The van der Waals surface area contributed by atoms with Gasteiger partial charge in [0, 0.05) is 0 Å². The smallest absolute Gasteiger partial charge is 0.145 e. The van der Waals surface area contributed by atoms with E-state index in [0.29, 0.717) is 12.1 Å². The van der Waals surface area contributed by atoms with Crippen LogP contribution in [-0.2, 0) is 0 Å². The number of hydrogen-bond donors (Lipinski definition) is 1. The number of anilines is 1. The maximum Gasteiger partial charge on any atom is 0.145 e. The lowest BCUT2D eigenvalue weighted by molar-refractivity contribution is 0.106. The highest BCUT2D eigenvalue weighted by atomic mass is 16.5. The molecule has 0 saturated heterocycles. The van der Waals surface area contributed by atoms with Crippen LogP contribution in [0.15, 0.2) is 12.1 Å². The molecule has 0 aromatic heterocycles. The van der Waals surface area contributed by atoms with Crippen molar-refractivity contribution in [1.29, 1.82) is 0 Å². The van der Waals surface area contributed by atoms with Crippen LogP contribution in [0.25, 0.3) is 0 Å². The van der Waals surface area contributed by atoms with Crippen LogP contribution >= 0.6 is 0 Å². The zero-order valence-corrected chi connectivity index (χ0v) is 11.6. The topological polar surface area (TPSA) is 21.3 Å². The van der Waals surface area contributed by atoms with E-state index < -0.39 is 0 Å². The second-order valence-corrected chi connectivity index (χ2v) is 5.95. The van der Waals surface area contributed by atoms with Crippen LogP contribution in [0.2, 0.25) is 0 Å². The molecule has 18 heavy (non-hydrogen) atoms. The van der Waals surface area contributed by atoms with Gasteiger partial charge in [0.25, 0.3) is 0 Å². The van der Waals surface area contributed by atoms with E-state index in [4.69, 9.17) is 4.74 Å². The number of nitrogens with one attached hydrogen (secondary N) is 1. The van der Waals surface area contributed by atoms with E-state index in [1.54, 1.807) is 0 Å². The fraction of sp³-hybridized carbons (Fsp3) is 0.625. The average molecular weight is 245 g/mol. The van der Waals surface area contributed by atoms with Crippen molar-refractivity contribution in [2.75, 3.05) is 5.32 Å². The molecule has 1 aromatic rings. The van der Waals surface area contributed by atoms with Gasteiger partial charge in [-0.3, -0.25) is 0 Å². The maximum absolute atomic E-state index is 6.25. The molecular formula is C16H23NO. The van der Waals surface area contributed by atoms with Gasteiger partial charge in [0.15, 0.2) is 0 Å². The van der Waals surface area contributed by atoms with Gasteiger partial charge in [0.05, 0.1) is 11.7 Å². The van der Waals surface area contributed by atoms with Crippen molar-refractivity contribution in [3.63, 3.8) is 0 Å². The normalized spacial score (nSPS) is 29.8. The van der Waals surface area contributed by atoms with E-state index >= 15 is 0 Å². The number of rotatable bonds is 1. The van der Waals surface area contributed by atoms with Crippen LogP contribution in [0.1, 0.15) is 43.7 Å². The minimum Gasteiger partial charge on any atom is -0.486 e. The summed E-state index contributed by atoms with van der Waals surface area (Å²) in [5.41, 5.74) is 3.77. The van der Waals surface area contributed by atoms with Gasteiger partial charge in [-0.15, -0.1) is 0 Å². The Morgan fingerprint density at radius 3 is 2.89 bits per heavy atom. The molecule has 2 heteroatoms. The fourth-order valence-electron chi connectivity index (χ4n) is 3.46. The summed E-state index contributed by atoms with van der Waals surface area (Å²) in [7, 11) is 0. The number of fused-ring (bicyclic) bond motifs is 2. The van der Waals surface area contributed by atoms with E-state index in [1.807, 2.05) is 0 Å². The molecule has 0 bridgehead atoms. The summed E-state index contributed by atoms with van der Waals surface area (Å²) in [4.78, 5) is 0. The Kier molecular flexibility index (Phi) is 2.96. The highest BCUT2D eigenvalue weighted by Crippen LogP contribution is 2.40. The Morgan fingerprint density at radius 2 is 2.11 bits per heavy atom. The second-order valence-electron chi connectivity index (χ2n) is 5.95. The molecule has 3 unspecified atom stereocenters. The van der Waals surface area contributed by atoms with Gasteiger partial charge in [-0.05, 0) is 56.2 Å². The SMILES string of the molecule is CCC1CCC2Oc3c(C)cc(C)cc3NC2C1. The first-order valence-corrected chi connectivity index (χ1v) is 7.21. The first-order chi connectivity index (χ1) is 8.67. The van der Waals surface area contributed by atoms with Crippen LogP contribution < -0.4 is 10.1 Å². The third-order valence-electron chi connectivity index (χ3n) is 4.50. The van der Waals surface area contributed by atoms with Gasteiger partial charge in [-0.1, -0.05) is 19.4 Å². The standard InChI is InChI=1S/C16H23NO/c1-4-12-5-6-15-13(9-12)17-14-8-10(2)7-11(3)16(14)18-15/h7-8,12-13,15,17H,4-6,9H2,1-3H3. The summed E-state index contributed by atoms with van der Waals surface area (Å²) in [5.74, 6) is 1.95. The molecule has 0 radical (unpaired) electrons. The van der Waals surface area contributed by atoms with Crippen molar-refractivity contribution in [3.05, 3.63) is 23.3 Å². The van der Waals surface area contributed by atoms with Gasteiger partial charge < -0.3 is 10.1 Å². The summed E-state index contributed by atoms with van der Waals surface area (Å²) >= 11 is 0. The molecule has 1 heterocycles. The number of benzene rings is 1. The molecule has 0 amide bonds. The third-order valence-corrected chi connectivity index (χ3v) is 4.50. The molecule has 3 rings (SSSR count).